The van der Waals surface area contributed by atoms with Crippen LogP contribution >= 0.6 is 0 Å². The molecule has 2 heteroatoms. The van der Waals surface area contributed by atoms with Crippen molar-refractivity contribution in [2.24, 2.45) is 5.73 Å². The summed E-state index contributed by atoms with van der Waals surface area (Å²) in [5.74, 6) is -0.308. The lowest BCUT2D eigenvalue weighted by Gasteiger charge is -2.04. The summed E-state index contributed by atoms with van der Waals surface area (Å²) in [4.78, 5) is 0. The van der Waals surface area contributed by atoms with E-state index in [4.69, 9.17) is 5.73 Å². The molecule has 0 spiro atoms. The highest BCUT2D eigenvalue weighted by molar-refractivity contribution is 5.63. The van der Waals surface area contributed by atoms with Crippen LogP contribution in [0.3, 0.4) is 0 Å². The van der Waals surface area contributed by atoms with E-state index < -0.39 is 0 Å². The Morgan fingerprint density at radius 3 is 2.13 bits per heavy atom. The van der Waals surface area contributed by atoms with Gasteiger partial charge in [0, 0.05) is 11.3 Å². The lowest BCUT2D eigenvalue weighted by Crippen LogP contribution is -1.99. The minimum Gasteiger partial charge on any atom is -0.399 e. The SMILES string of the molecule is C=C(N)c1c(C)cccc1F.CCCC. The summed E-state index contributed by atoms with van der Waals surface area (Å²) in [7, 11) is 0. The Labute approximate surface area is 91.8 Å². The molecule has 84 valence electrons. The fraction of sp³-hybridized carbons (Fsp3) is 0.385. The second-order valence-electron chi connectivity index (χ2n) is 3.46. The summed E-state index contributed by atoms with van der Waals surface area (Å²) >= 11 is 0. The number of rotatable bonds is 2. The topological polar surface area (TPSA) is 26.0 Å². The molecule has 0 aliphatic rings. The van der Waals surface area contributed by atoms with Gasteiger partial charge in [-0.3, -0.25) is 0 Å². The highest BCUT2D eigenvalue weighted by Crippen LogP contribution is 2.16. The van der Waals surface area contributed by atoms with Crippen molar-refractivity contribution in [2.75, 3.05) is 0 Å². The van der Waals surface area contributed by atoms with E-state index in [2.05, 4.69) is 20.4 Å². The molecule has 0 atom stereocenters. The Balaban J connectivity index is 0.000000423. The van der Waals surface area contributed by atoms with E-state index in [9.17, 15) is 4.39 Å². The van der Waals surface area contributed by atoms with E-state index in [0.29, 0.717) is 5.56 Å². The molecule has 1 nitrogen and oxygen atoms in total. The zero-order valence-corrected chi connectivity index (χ0v) is 9.81. The van der Waals surface area contributed by atoms with E-state index in [0.717, 1.165) is 5.56 Å². The first-order chi connectivity index (χ1) is 7.04. The van der Waals surface area contributed by atoms with Crippen molar-refractivity contribution in [3.05, 3.63) is 41.7 Å². The van der Waals surface area contributed by atoms with Gasteiger partial charge in [0.25, 0.3) is 0 Å². The first kappa shape index (κ1) is 13.7. The summed E-state index contributed by atoms with van der Waals surface area (Å²) in [6.45, 7) is 9.65. The van der Waals surface area contributed by atoms with Crippen LogP contribution in [0.2, 0.25) is 0 Å². The van der Waals surface area contributed by atoms with Crippen LogP contribution < -0.4 is 5.73 Å². The number of hydrogen-bond donors (Lipinski definition) is 1. The van der Waals surface area contributed by atoms with Gasteiger partial charge in [-0.2, -0.15) is 0 Å². The predicted octanol–water partition coefficient (Wildman–Crippen LogP) is 3.87. The van der Waals surface area contributed by atoms with Gasteiger partial charge in [-0.25, -0.2) is 4.39 Å². The minimum atomic E-state index is -0.308. The molecule has 0 saturated heterocycles. The lowest BCUT2D eigenvalue weighted by atomic mass is 10.1. The second kappa shape index (κ2) is 7.04. The highest BCUT2D eigenvalue weighted by Gasteiger charge is 2.04. The molecule has 0 aliphatic heterocycles. The minimum absolute atomic E-state index is 0.278. The largest absolute Gasteiger partial charge is 0.399 e. The molecule has 1 aromatic rings. The standard InChI is InChI=1S/C9H10FN.C4H10/c1-6-4-3-5-8(10)9(6)7(2)11;1-3-4-2/h3-5H,2,11H2,1H3;3-4H2,1-2H3. The maximum absolute atomic E-state index is 13.0. The third kappa shape index (κ3) is 4.63. The molecule has 0 radical (unpaired) electrons. The van der Waals surface area contributed by atoms with E-state index in [1.165, 1.54) is 18.9 Å². The Morgan fingerprint density at radius 2 is 1.87 bits per heavy atom. The normalized spacial score (nSPS) is 9.07. The van der Waals surface area contributed by atoms with E-state index in [1.807, 2.05) is 0 Å². The van der Waals surface area contributed by atoms with Crippen LogP contribution in [-0.2, 0) is 0 Å². The van der Waals surface area contributed by atoms with Crippen LogP contribution in [0.25, 0.3) is 5.70 Å². The summed E-state index contributed by atoms with van der Waals surface area (Å²) < 4.78 is 13.0. The first-order valence-electron chi connectivity index (χ1n) is 5.24. The first-order valence-corrected chi connectivity index (χ1v) is 5.24. The van der Waals surface area contributed by atoms with Gasteiger partial charge in [0.1, 0.15) is 5.82 Å². The van der Waals surface area contributed by atoms with Crippen LogP contribution in [0.4, 0.5) is 4.39 Å². The maximum Gasteiger partial charge on any atom is 0.132 e. The maximum atomic E-state index is 13.0. The second-order valence-corrected chi connectivity index (χ2v) is 3.46. The van der Waals surface area contributed by atoms with Gasteiger partial charge < -0.3 is 5.73 Å². The molecular formula is C13H20FN. The van der Waals surface area contributed by atoms with E-state index in [-0.39, 0.29) is 11.5 Å². The van der Waals surface area contributed by atoms with Gasteiger partial charge in [-0.05, 0) is 18.6 Å². The zero-order chi connectivity index (χ0) is 11.8. The molecule has 1 rings (SSSR count). The number of aryl methyl sites for hydroxylation is 1. The van der Waals surface area contributed by atoms with E-state index in [1.54, 1.807) is 19.1 Å². The number of nitrogens with two attached hydrogens (primary N) is 1. The predicted molar refractivity (Wildman–Crippen MR) is 64.9 cm³/mol. The van der Waals surface area contributed by atoms with Crippen LogP contribution in [0.5, 0.6) is 0 Å². The van der Waals surface area contributed by atoms with Gasteiger partial charge in [0.2, 0.25) is 0 Å². The molecule has 0 heterocycles. The summed E-state index contributed by atoms with van der Waals surface area (Å²) in [5, 5.41) is 0. The van der Waals surface area contributed by atoms with Gasteiger partial charge in [0.15, 0.2) is 0 Å². The molecule has 0 aliphatic carbocycles. The van der Waals surface area contributed by atoms with Gasteiger partial charge in [-0.1, -0.05) is 45.4 Å². The monoisotopic (exact) mass is 209 g/mol. The number of unbranched alkanes of at least 4 members (excludes halogenated alkanes) is 1. The molecule has 2 N–H and O–H groups in total. The molecule has 0 aromatic heterocycles. The molecule has 15 heavy (non-hydrogen) atoms. The van der Waals surface area contributed by atoms with Crippen LogP contribution in [0.1, 0.15) is 37.8 Å². The van der Waals surface area contributed by atoms with Crippen molar-refractivity contribution < 1.29 is 4.39 Å². The molecule has 1 aromatic carbocycles. The van der Waals surface area contributed by atoms with Crippen molar-refractivity contribution in [1.29, 1.82) is 0 Å². The van der Waals surface area contributed by atoms with Crippen LogP contribution in [-0.4, -0.2) is 0 Å². The van der Waals surface area contributed by atoms with Crippen LogP contribution in [0.15, 0.2) is 24.8 Å². The average molecular weight is 209 g/mol. The van der Waals surface area contributed by atoms with E-state index >= 15 is 0 Å². The smallest absolute Gasteiger partial charge is 0.132 e. The van der Waals surface area contributed by atoms with Crippen molar-refractivity contribution in [3.8, 4) is 0 Å². The fourth-order valence-electron chi connectivity index (χ4n) is 1.04. The fourth-order valence-corrected chi connectivity index (χ4v) is 1.04. The van der Waals surface area contributed by atoms with Crippen molar-refractivity contribution in [1.82, 2.24) is 0 Å². The van der Waals surface area contributed by atoms with Crippen molar-refractivity contribution in [3.63, 3.8) is 0 Å². The van der Waals surface area contributed by atoms with Crippen LogP contribution in [0, 0.1) is 12.7 Å². The summed E-state index contributed by atoms with van der Waals surface area (Å²) in [6.07, 6.45) is 2.64. The average Bonchev–Trinajstić information content (AvgIpc) is 2.17. The Kier molecular flexibility index (Phi) is 6.43. The molecule has 0 saturated carbocycles. The number of hydrogen-bond acceptors (Lipinski definition) is 1. The zero-order valence-electron chi connectivity index (χ0n) is 9.81. The van der Waals surface area contributed by atoms with Crippen molar-refractivity contribution in [2.45, 2.75) is 33.6 Å². The number of benzene rings is 1. The summed E-state index contributed by atoms with van der Waals surface area (Å²) in [5.41, 5.74) is 6.90. The van der Waals surface area contributed by atoms with Gasteiger partial charge in [-0.15, -0.1) is 0 Å². The third-order valence-corrected chi connectivity index (χ3v) is 2.04. The molecular weight excluding hydrogens is 189 g/mol. The Morgan fingerprint density at radius 1 is 1.33 bits per heavy atom. The molecule has 0 amide bonds. The van der Waals surface area contributed by atoms with Gasteiger partial charge in [0.05, 0.1) is 0 Å². The molecule has 0 fully saturated rings. The lowest BCUT2D eigenvalue weighted by molar-refractivity contribution is 0.622. The third-order valence-electron chi connectivity index (χ3n) is 2.04. The Bertz CT molecular complexity index is 296. The number of halogens is 1. The summed E-state index contributed by atoms with van der Waals surface area (Å²) in [6, 6.07) is 4.83. The van der Waals surface area contributed by atoms with Gasteiger partial charge >= 0.3 is 0 Å². The van der Waals surface area contributed by atoms with Crippen molar-refractivity contribution >= 4 is 5.70 Å². The quantitative estimate of drug-likeness (QED) is 0.786. The molecule has 0 bridgehead atoms. The molecule has 0 unspecified atom stereocenters. The highest BCUT2D eigenvalue weighted by atomic mass is 19.1. The Hall–Kier alpha value is -1.31.